The standard InChI is InChI=1S/C15H20N2O/c1-11-7-12(2)15(13(3)8-11)14(18)9-17-6-5-16(4)10-17/h5-8H,9-10H2,1-4H3. The average molecular weight is 244 g/mol. The Bertz CT molecular complexity index is 482. The molecule has 0 saturated carbocycles. The van der Waals surface area contributed by atoms with Gasteiger partial charge in [0.15, 0.2) is 5.78 Å². The van der Waals surface area contributed by atoms with Crippen molar-refractivity contribution in [2.45, 2.75) is 20.8 Å². The van der Waals surface area contributed by atoms with Crippen LogP contribution in [0.25, 0.3) is 0 Å². The molecule has 0 bridgehead atoms. The monoisotopic (exact) mass is 244 g/mol. The number of hydrogen-bond donors (Lipinski definition) is 0. The molecule has 0 spiro atoms. The molecular weight excluding hydrogens is 224 g/mol. The number of ketones is 1. The largest absolute Gasteiger partial charge is 0.362 e. The summed E-state index contributed by atoms with van der Waals surface area (Å²) in [5.74, 6) is 0.199. The number of rotatable bonds is 3. The van der Waals surface area contributed by atoms with Gasteiger partial charge in [0.1, 0.15) is 0 Å². The Kier molecular flexibility index (Phi) is 3.41. The summed E-state index contributed by atoms with van der Waals surface area (Å²) in [6.45, 7) is 7.33. The van der Waals surface area contributed by atoms with E-state index in [1.54, 1.807) is 0 Å². The topological polar surface area (TPSA) is 23.6 Å². The molecule has 0 aromatic heterocycles. The summed E-state index contributed by atoms with van der Waals surface area (Å²) < 4.78 is 0. The molecule has 1 aliphatic heterocycles. The van der Waals surface area contributed by atoms with Gasteiger partial charge in [-0.25, -0.2) is 0 Å². The summed E-state index contributed by atoms with van der Waals surface area (Å²) >= 11 is 0. The first-order valence-electron chi connectivity index (χ1n) is 6.21. The van der Waals surface area contributed by atoms with Crippen LogP contribution in [0.5, 0.6) is 0 Å². The van der Waals surface area contributed by atoms with Gasteiger partial charge in [0.05, 0.1) is 13.2 Å². The molecule has 96 valence electrons. The second-order valence-corrected chi connectivity index (χ2v) is 5.14. The van der Waals surface area contributed by atoms with Gasteiger partial charge in [0.25, 0.3) is 0 Å². The molecule has 1 aromatic rings. The molecule has 0 saturated heterocycles. The fourth-order valence-electron chi connectivity index (χ4n) is 2.57. The number of carbonyl (C=O) groups is 1. The average Bonchev–Trinajstić information content (AvgIpc) is 2.62. The summed E-state index contributed by atoms with van der Waals surface area (Å²) in [6.07, 6.45) is 3.96. The molecule has 1 aliphatic rings. The fourth-order valence-corrected chi connectivity index (χ4v) is 2.57. The Labute approximate surface area is 109 Å². The molecule has 2 rings (SSSR count). The lowest BCUT2D eigenvalue weighted by Gasteiger charge is -2.18. The Hall–Kier alpha value is -1.77. The molecule has 3 heteroatoms. The molecule has 0 unspecified atom stereocenters. The molecule has 0 N–H and O–H groups in total. The minimum atomic E-state index is 0.199. The molecule has 0 radical (unpaired) electrons. The summed E-state index contributed by atoms with van der Waals surface area (Å²) in [4.78, 5) is 16.5. The van der Waals surface area contributed by atoms with E-state index in [-0.39, 0.29) is 5.78 Å². The van der Waals surface area contributed by atoms with Crippen LogP contribution in [0.1, 0.15) is 27.0 Å². The van der Waals surface area contributed by atoms with Crippen LogP contribution in [-0.4, -0.2) is 35.8 Å². The maximum Gasteiger partial charge on any atom is 0.182 e. The fraction of sp³-hybridized carbons (Fsp3) is 0.400. The maximum atomic E-state index is 12.4. The van der Waals surface area contributed by atoms with Crippen LogP contribution in [0, 0.1) is 20.8 Å². The van der Waals surface area contributed by atoms with Crippen molar-refractivity contribution in [1.82, 2.24) is 9.80 Å². The first kappa shape index (κ1) is 12.7. The molecular formula is C15H20N2O. The van der Waals surface area contributed by atoms with Crippen LogP contribution < -0.4 is 0 Å². The van der Waals surface area contributed by atoms with Crippen molar-refractivity contribution in [3.8, 4) is 0 Å². The number of carbonyl (C=O) groups excluding carboxylic acids is 1. The molecule has 1 aromatic carbocycles. The highest BCUT2D eigenvalue weighted by molar-refractivity contribution is 6.00. The highest BCUT2D eigenvalue weighted by atomic mass is 16.1. The molecule has 0 aliphatic carbocycles. The zero-order valence-electron chi connectivity index (χ0n) is 11.5. The lowest BCUT2D eigenvalue weighted by Crippen LogP contribution is -2.28. The third kappa shape index (κ3) is 2.55. The lowest BCUT2D eigenvalue weighted by molar-refractivity contribution is 0.0947. The summed E-state index contributed by atoms with van der Waals surface area (Å²) in [6, 6.07) is 4.15. The van der Waals surface area contributed by atoms with Crippen molar-refractivity contribution in [1.29, 1.82) is 0 Å². The smallest absolute Gasteiger partial charge is 0.182 e. The van der Waals surface area contributed by atoms with E-state index in [2.05, 4.69) is 24.0 Å². The predicted octanol–water partition coefficient (Wildman–Crippen LogP) is 2.47. The van der Waals surface area contributed by atoms with Crippen molar-refractivity contribution < 1.29 is 4.79 Å². The number of Topliss-reactive ketones (excluding diaryl/α,β-unsaturated/α-hetero) is 1. The lowest BCUT2D eigenvalue weighted by atomic mass is 9.96. The van der Waals surface area contributed by atoms with Gasteiger partial charge in [-0.3, -0.25) is 4.79 Å². The number of aryl methyl sites for hydroxylation is 3. The third-order valence-electron chi connectivity index (χ3n) is 3.24. The van der Waals surface area contributed by atoms with Crippen LogP contribution in [-0.2, 0) is 0 Å². The van der Waals surface area contributed by atoms with E-state index in [0.29, 0.717) is 6.54 Å². The van der Waals surface area contributed by atoms with E-state index in [1.807, 2.05) is 38.2 Å². The highest BCUT2D eigenvalue weighted by Gasteiger charge is 2.17. The number of benzene rings is 1. The first-order valence-corrected chi connectivity index (χ1v) is 6.21. The number of hydrogen-bond acceptors (Lipinski definition) is 3. The van der Waals surface area contributed by atoms with Gasteiger partial charge in [-0.2, -0.15) is 0 Å². The van der Waals surface area contributed by atoms with Crippen LogP contribution >= 0.6 is 0 Å². The summed E-state index contributed by atoms with van der Waals surface area (Å²) in [5.41, 5.74) is 4.24. The minimum absolute atomic E-state index is 0.199. The Morgan fingerprint density at radius 3 is 2.28 bits per heavy atom. The second kappa shape index (κ2) is 4.84. The van der Waals surface area contributed by atoms with Crippen molar-refractivity contribution in [2.75, 3.05) is 20.3 Å². The molecule has 0 atom stereocenters. The first-order chi connectivity index (χ1) is 8.47. The predicted molar refractivity (Wildman–Crippen MR) is 73.5 cm³/mol. The van der Waals surface area contributed by atoms with Crippen LogP contribution in [0.15, 0.2) is 24.5 Å². The molecule has 1 heterocycles. The van der Waals surface area contributed by atoms with Crippen LogP contribution in [0.3, 0.4) is 0 Å². The van der Waals surface area contributed by atoms with Gasteiger partial charge in [-0.1, -0.05) is 17.7 Å². The van der Waals surface area contributed by atoms with Gasteiger partial charge < -0.3 is 9.80 Å². The van der Waals surface area contributed by atoms with Gasteiger partial charge in [0.2, 0.25) is 0 Å². The normalized spacial score (nSPS) is 14.4. The van der Waals surface area contributed by atoms with Gasteiger partial charge >= 0.3 is 0 Å². The summed E-state index contributed by atoms with van der Waals surface area (Å²) in [5, 5.41) is 0. The van der Waals surface area contributed by atoms with E-state index in [9.17, 15) is 4.79 Å². The Morgan fingerprint density at radius 2 is 1.78 bits per heavy atom. The maximum absolute atomic E-state index is 12.4. The number of nitrogens with zero attached hydrogens (tertiary/aromatic N) is 2. The highest BCUT2D eigenvalue weighted by Crippen LogP contribution is 2.18. The van der Waals surface area contributed by atoms with Crippen molar-refractivity contribution in [3.05, 3.63) is 46.8 Å². The van der Waals surface area contributed by atoms with E-state index >= 15 is 0 Å². The van der Waals surface area contributed by atoms with E-state index in [0.717, 1.165) is 23.4 Å². The SMILES string of the molecule is Cc1cc(C)c(C(=O)CN2C=CN(C)C2)c(C)c1. The van der Waals surface area contributed by atoms with Gasteiger partial charge in [-0.15, -0.1) is 0 Å². The van der Waals surface area contributed by atoms with E-state index < -0.39 is 0 Å². The van der Waals surface area contributed by atoms with Gasteiger partial charge in [0, 0.05) is 25.0 Å². The molecule has 0 fully saturated rings. The quantitative estimate of drug-likeness (QED) is 0.763. The van der Waals surface area contributed by atoms with Crippen LogP contribution in [0.2, 0.25) is 0 Å². The van der Waals surface area contributed by atoms with Crippen molar-refractivity contribution in [2.24, 2.45) is 0 Å². The molecule has 18 heavy (non-hydrogen) atoms. The third-order valence-corrected chi connectivity index (χ3v) is 3.24. The van der Waals surface area contributed by atoms with E-state index in [4.69, 9.17) is 0 Å². The Morgan fingerprint density at radius 1 is 1.17 bits per heavy atom. The summed E-state index contributed by atoms with van der Waals surface area (Å²) in [7, 11) is 2.00. The molecule has 0 amide bonds. The molecule has 3 nitrogen and oxygen atoms in total. The zero-order valence-corrected chi connectivity index (χ0v) is 11.5. The van der Waals surface area contributed by atoms with Gasteiger partial charge in [-0.05, 0) is 31.9 Å². The van der Waals surface area contributed by atoms with E-state index in [1.165, 1.54) is 5.56 Å². The Balaban J connectivity index is 2.17. The van der Waals surface area contributed by atoms with Crippen LogP contribution in [0.4, 0.5) is 0 Å². The van der Waals surface area contributed by atoms with Crippen molar-refractivity contribution >= 4 is 5.78 Å². The minimum Gasteiger partial charge on any atom is -0.362 e. The zero-order chi connectivity index (χ0) is 13.3. The van der Waals surface area contributed by atoms with Crippen molar-refractivity contribution in [3.63, 3.8) is 0 Å². The second-order valence-electron chi connectivity index (χ2n) is 5.14.